The van der Waals surface area contributed by atoms with Gasteiger partial charge in [0.1, 0.15) is 5.75 Å². The summed E-state index contributed by atoms with van der Waals surface area (Å²) < 4.78 is 10.5. The molecular formula is C20H23NO4. The Bertz CT molecular complexity index is 725. The fraction of sp³-hybridized carbons (Fsp3) is 0.300. The molecule has 0 spiro atoms. The second kappa shape index (κ2) is 8.87. The first-order valence-corrected chi connectivity index (χ1v) is 8.27. The molecule has 132 valence electrons. The molecule has 25 heavy (non-hydrogen) atoms. The number of nitrogens with one attached hydrogen (secondary N) is 1. The van der Waals surface area contributed by atoms with Crippen LogP contribution in [-0.4, -0.2) is 24.6 Å². The molecule has 0 unspecified atom stereocenters. The highest BCUT2D eigenvalue weighted by Gasteiger charge is 2.18. The van der Waals surface area contributed by atoms with Crippen molar-refractivity contribution in [3.63, 3.8) is 0 Å². The molecule has 0 aliphatic carbocycles. The van der Waals surface area contributed by atoms with Gasteiger partial charge in [0, 0.05) is 5.69 Å². The predicted octanol–water partition coefficient (Wildman–Crippen LogP) is 3.51. The summed E-state index contributed by atoms with van der Waals surface area (Å²) in [6.07, 6.45) is 0.0358. The summed E-state index contributed by atoms with van der Waals surface area (Å²) in [7, 11) is 0. The molecule has 2 aromatic carbocycles. The van der Waals surface area contributed by atoms with Crippen LogP contribution in [-0.2, 0) is 20.7 Å². The molecule has 0 bridgehead atoms. The van der Waals surface area contributed by atoms with Crippen LogP contribution in [0.25, 0.3) is 0 Å². The minimum absolute atomic E-state index is 0.243. The monoisotopic (exact) mass is 341 g/mol. The smallest absolute Gasteiger partial charge is 0.344 e. The van der Waals surface area contributed by atoms with Gasteiger partial charge in [-0.3, -0.25) is 4.79 Å². The Labute approximate surface area is 148 Å². The molecule has 0 aliphatic heterocycles. The third-order valence-corrected chi connectivity index (χ3v) is 3.77. The quantitative estimate of drug-likeness (QED) is 0.783. The van der Waals surface area contributed by atoms with E-state index in [0.29, 0.717) is 11.4 Å². The van der Waals surface area contributed by atoms with Crippen LogP contribution < -0.4 is 10.1 Å². The van der Waals surface area contributed by atoms with Crippen molar-refractivity contribution in [2.45, 2.75) is 33.3 Å². The number of anilines is 1. The van der Waals surface area contributed by atoms with Crippen LogP contribution in [0, 0.1) is 6.92 Å². The first-order chi connectivity index (χ1) is 12.0. The molecule has 1 atom stereocenters. The van der Waals surface area contributed by atoms with Crippen LogP contribution in [0.15, 0.2) is 48.5 Å². The average Bonchev–Trinajstić information content (AvgIpc) is 2.62. The van der Waals surface area contributed by atoms with Crippen LogP contribution in [0.5, 0.6) is 5.75 Å². The van der Waals surface area contributed by atoms with Crippen LogP contribution in [0.1, 0.15) is 25.0 Å². The molecule has 0 fully saturated rings. The highest BCUT2D eigenvalue weighted by Crippen LogP contribution is 2.14. The Balaban J connectivity index is 1.80. The van der Waals surface area contributed by atoms with Crippen LogP contribution in [0.4, 0.5) is 5.69 Å². The zero-order valence-electron chi connectivity index (χ0n) is 14.7. The van der Waals surface area contributed by atoms with Crippen molar-refractivity contribution >= 4 is 17.6 Å². The molecule has 0 saturated heterocycles. The molecule has 5 nitrogen and oxygen atoms in total. The zero-order chi connectivity index (χ0) is 18.2. The van der Waals surface area contributed by atoms with Crippen molar-refractivity contribution < 1.29 is 19.1 Å². The van der Waals surface area contributed by atoms with E-state index in [1.807, 2.05) is 37.3 Å². The van der Waals surface area contributed by atoms with E-state index < -0.39 is 12.1 Å². The van der Waals surface area contributed by atoms with Crippen molar-refractivity contribution in [2.75, 3.05) is 11.9 Å². The van der Waals surface area contributed by atoms with Crippen molar-refractivity contribution in [1.82, 2.24) is 0 Å². The van der Waals surface area contributed by atoms with Gasteiger partial charge in [0.2, 0.25) is 0 Å². The number of carbonyl (C=O) groups excluding carboxylic acids is 2. The number of para-hydroxylation sites is 1. The summed E-state index contributed by atoms with van der Waals surface area (Å²) >= 11 is 0. The van der Waals surface area contributed by atoms with E-state index in [0.717, 1.165) is 12.0 Å². The van der Waals surface area contributed by atoms with E-state index >= 15 is 0 Å². The zero-order valence-corrected chi connectivity index (χ0v) is 14.7. The molecule has 0 saturated carbocycles. The number of carbonyl (C=O) groups is 2. The lowest BCUT2D eigenvalue weighted by Gasteiger charge is -2.15. The lowest BCUT2D eigenvalue weighted by molar-refractivity contribution is -0.155. The van der Waals surface area contributed by atoms with E-state index in [-0.39, 0.29) is 12.5 Å². The van der Waals surface area contributed by atoms with Gasteiger partial charge in [0.15, 0.2) is 12.7 Å². The molecule has 2 aromatic rings. The maximum absolute atomic E-state index is 12.1. The molecule has 1 N–H and O–H groups in total. The van der Waals surface area contributed by atoms with Crippen LogP contribution in [0.3, 0.4) is 0 Å². The molecular weight excluding hydrogens is 318 g/mol. The number of benzene rings is 2. The summed E-state index contributed by atoms with van der Waals surface area (Å²) in [5, 5.41) is 2.74. The van der Waals surface area contributed by atoms with Crippen molar-refractivity contribution in [2.24, 2.45) is 0 Å². The van der Waals surface area contributed by atoms with Crippen molar-refractivity contribution in [1.29, 1.82) is 0 Å². The molecule has 5 heteroatoms. The van der Waals surface area contributed by atoms with Crippen molar-refractivity contribution in [3.8, 4) is 5.75 Å². The lowest BCUT2D eigenvalue weighted by atomic mass is 10.2. The third-order valence-electron chi connectivity index (χ3n) is 3.77. The number of hydrogen-bond acceptors (Lipinski definition) is 4. The normalized spacial score (nSPS) is 11.5. The Hall–Kier alpha value is -2.82. The Morgan fingerprint density at radius 1 is 1.08 bits per heavy atom. The standard InChI is InChI=1S/C20H23NO4/c1-4-16-9-11-17(12-10-16)24-13-19(22)25-15(3)20(23)21-18-8-6-5-7-14(18)2/h5-12,15H,4,13H2,1-3H3,(H,21,23)/t15-/m1/s1. The highest BCUT2D eigenvalue weighted by atomic mass is 16.6. The number of ether oxygens (including phenoxy) is 2. The summed E-state index contributed by atoms with van der Waals surface area (Å²) in [5.74, 6) is -0.381. The molecule has 0 heterocycles. The van der Waals surface area contributed by atoms with Gasteiger partial charge in [-0.25, -0.2) is 4.79 Å². The minimum atomic E-state index is -0.904. The maximum Gasteiger partial charge on any atom is 0.344 e. The third kappa shape index (κ3) is 5.64. The molecule has 0 radical (unpaired) electrons. The van der Waals surface area contributed by atoms with Gasteiger partial charge >= 0.3 is 5.97 Å². The average molecular weight is 341 g/mol. The van der Waals surface area contributed by atoms with Crippen molar-refractivity contribution in [3.05, 3.63) is 59.7 Å². The van der Waals surface area contributed by atoms with Gasteiger partial charge in [-0.05, 0) is 49.6 Å². The van der Waals surface area contributed by atoms with Gasteiger partial charge in [-0.1, -0.05) is 37.3 Å². The van der Waals surface area contributed by atoms with E-state index in [1.165, 1.54) is 12.5 Å². The number of amides is 1. The maximum atomic E-state index is 12.1. The van der Waals surface area contributed by atoms with E-state index in [1.54, 1.807) is 18.2 Å². The first kappa shape index (κ1) is 18.5. The fourth-order valence-electron chi connectivity index (χ4n) is 2.20. The number of rotatable bonds is 7. The number of aryl methyl sites for hydroxylation is 2. The highest BCUT2D eigenvalue weighted by molar-refractivity contribution is 5.95. The summed E-state index contributed by atoms with van der Waals surface area (Å²) in [4.78, 5) is 24.0. The van der Waals surface area contributed by atoms with Crippen LogP contribution in [0.2, 0.25) is 0 Å². The molecule has 1 amide bonds. The first-order valence-electron chi connectivity index (χ1n) is 8.27. The van der Waals surface area contributed by atoms with Gasteiger partial charge in [0.05, 0.1) is 0 Å². The summed E-state index contributed by atoms with van der Waals surface area (Å²) in [6, 6.07) is 14.9. The molecule has 0 aromatic heterocycles. The van der Waals surface area contributed by atoms with Gasteiger partial charge in [-0.15, -0.1) is 0 Å². The number of esters is 1. The SMILES string of the molecule is CCc1ccc(OCC(=O)O[C@H](C)C(=O)Nc2ccccc2C)cc1. The van der Waals surface area contributed by atoms with Crippen LogP contribution >= 0.6 is 0 Å². The largest absolute Gasteiger partial charge is 0.482 e. The second-order valence-electron chi connectivity index (χ2n) is 5.72. The Kier molecular flexibility index (Phi) is 6.57. The summed E-state index contributed by atoms with van der Waals surface area (Å²) in [5.41, 5.74) is 2.83. The predicted molar refractivity (Wildman–Crippen MR) is 96.7 cm³/mol. The van der Waals surface area contributed by atoms with E-state index in [2.05, 4.69) is 12.2 Å². The van der Waals surface area contributed by atoms with Gasteiger partial charge in [0.25, 0.3) is 5.91 Å². The minimum Gasteiger partial charge on any atom is -0.482 e. The summed E-state index contributed by atoms with van der Waals surface area (Å²) in [6.45, 7) is 5.25. The van der Waals surface area contributed by atoms with E-state index in [9.17, 15) is 9.59 Å². The topological polar surface area (TPSA) is 64.6 Å². The number of hydrogen-bond donors (Lipinski definition) is 1. The Morgan fingerprint density at radius 2 is 1.76 bits per heavy atom. The molecule has 0 aliphatic rings. The van der Waals surface area contributed by atoms with Gasteiger partial charge in [-0.2, -0.15) is 0 Å². The van der Waals surface area contributed by atoms with E-state index in [4.69, 9.17) is 9.47 Å². The van der Waals surface area contributed by atoms with Gasteiger partial charge < -0.3 is 14.8 Å². The Morgan fingerprint density at radius 3 is 2.40 bits per heavy atom. The molecule has 2 rings (SSSR count). The second-order valence-corrected chi connectivity index (χ2v) is 5.72. The fourth-order valence-corrected chi connectivity index (χ4v) is 2.20. The lowest BCUT2D eigenvalue weighted by Crippen LogP contribution is -2.31.